The van der Waals surface area contributed by atoms with Crippen molar-refractivity contribution in [3.05, 3.63) is 94.4 Å². The highest BCUT2D eigenvalue weighted by molar-refractivity contribution is 6.46. The zero-order valence-electron chi connectivity index (χ0n) is 16.8. The molecular formula is C24H18ClFN2O3. The fourth-order valence-corrected chi connectivity index (χ4v) is 3.56. The number of para-hydroxylation sites is 1. The number of anilines is 2. The molecule has 156 valence electrons. The van der Waals surface area contributed by atoms with Gasteiger partial charge in [-0.3, -0.25) is 9.59 Å². The number of ether oxygens (including phenoxy) is 1. The van der Waals surface area contributed by atoms with E-state index in [-0.39, 0.29) is 22.0 Å². The number of amides is 2. The lowest BCUT2D eigenvalue weighted by molar-refractivity contribution is -0.120. The number of imide groups is 1. The standard InChI is InChI=1S/C24H18ClFN2O3/c1-14-7-9-15(10-8-14)27-22-21(17-5-3-4-6-20(17)31-2)23(29)28(24(22)30)16-11-12-19(26)18(25)13-16/h3-13,27H,1-2H3. The van der Waals surface area contributed by atoms with Crippen LogP contribution in [0.4, 0.5) is 15.8 Å². The van der Waals surface area contributed by atoms with Crippen molar-refractivity contribution >= 4 is 40.4 Å². The highest BCUT2D eigenvalue weighted by atomic mass is 35.5. The number of hydrogen-bond acceptors (Lipinski definition) is 4. The summed E-state index contributed by atoms with van der Waals surface area (Å²) in [6.07, 6.45) is 0. The van der Waals surface area contributed by atoms with E-state index in [1.165, 1.54) is 19.2 Å². The molecule has 1 aliphatic rings. The van der Waals surface area contributed by atoms with Crippen LogP contribution in [0.3, 0.4) is 0 Å². The van der Waals surface area contributed by atoms with Crippen LogP contribution < -0.4 is 15.0 Å². The largest absolute Gasteiger partial charge is 0.496 e. The Kier molecular flexibility index (Phi) is 5.48. The van der Waals surface area contributed by atoms with Crippen LogP contribution in [0.1, 0.15) is 11.1 Å². The van der Waals surface area contributed by atoms with Gasteiger partial charge in [0, 0.05) is 11.3 Å². The number of benzene rings is 3. The SMILES string of the molecule is COc1ccccc1C1=C(Nc2ccc(C)cc2)C(=O)N(c2ccc(F)c(Cl)c2)C1=O. The van der Waals surface area contributed by atoms with Gasteiger partial charge in [0.2, 0.25) is 0 Å². The molecule has 3 aromatic rings. The molecule has 0 saturated heterocycles. The molecule has 1 heterocycles. The molecule has 7 heteroatoms. The lowest BCUT2D eigenvalue weighted by Gasteiger charge is -2.16. The van der Waals surface area contributed by atoms with Crippen molar-refractivity contribution in [2.45, 2.75) is 6.92 Å². The number of carbonyl (C=O) groups is 2. The van der Waals surface area contributed by atoms with Crippen LogP contribution in [0.15, 0.2) is 72.4 Å². The van der Waals surface area contributed by atoms with Crippen LogP contribution >= 0.6 is 11.6 Å². The van der Waals surface area contributed by atoms with Gasteiger partial charge in [-0.15, -0.1) is 0 Å². The smallest absolute Gasteiger partial charge is 0.282 e. The Morgan fingerprint density at radius 3 is 2.35 bits per heavy atom. The minimum absolute atomic E-state index is 0.0961. The third-order valence-electron chi connectivity index (χ3n) is 4.94. The third kappa shape index (κ3) is 3.78. The highest BCUT2D eigenvalue weighted by Gasteiger charge is 2.41. The molecule has 0 radical (unpaired) electrons. The monoisotopic (exact) mass is 436 g/mol. The molecule has 0 aromatic heterocycles. The Hall–Kier alpha value is -3.64. The van der Waals surface area contributed by atoms with Crippen molar-refractivity contribution in [2.24, 2.45) is 0 Å². The molecule has 3 aromatic carbocycles. The summed E-state index contributed by atoms with van der Waals surface area (Å²) in [4.78, 5) is 27.8. The number of rotatable bonds is 5. The summed E-state index contributed by atoms with van der Waals surface area (Å²) < 4.78 is 19.1. The van der Waals surface area contributed by atoms with Crippen LogP contribution in [0.5, 0.6) is 5.75 Å². The summed E-state index contributed by atoms with van der Waals surface area (Å²) in [6, 6.07) is 18.1. The number of methoxy groups -OCH3 is 1. The van der Waals surface area contributed by atoms with Crippen molar-refractivity contribution in [2.75, 3.05) is 17.3 Å². The number of aryl methyl sites for hydroxylation is 1. The van der Waals surface area contributed by atoms with Gasteiger partial charge in [0.15, 0.2) is 0 Å². The molecule has 0 unspecified atom stereocenters. The van der Waals surface area contributed by atoms with Gasteiger partial charge in [-0.2, -0.15) is 0 Å². The first-order chi connectivity index (χ1) is 14.9. The fraction of sp³-hybridized carbons (Fsp3) is 0.0833. The molecule has 1 N–H and O–H groups in total. The average molecular weight is 437 g/mol. The first kappa shape index (κ1) is 20.6. The van der Waals surface area contributed by atoms with E-state index in [1.807, 2.05) is 31.2 Å². The van der Waals surface area contributed by atoms with Gasteiger partial charge in [-0.1, -0.05) is 47.5 Å². The zero-order valence-corrected chi connectivity index (χ0v) is 17.5. The zero-order chi connectivity index (χ0) is 22.1. The Bertz CT molecular complexity index is 1220. The van der Waals surface area contributed by atoms with E-state index >= 15 is 0 Å². The molecule has 4 rings (SSSR count). The van der Waals surface area contributed by atoms with E-state index in [0.717, 1.165) is 16.5 Å². The van der Waals surface area contributed by atoms with Crippen molar-refractivity contribution < 1.29 is 18.7 Å². The van der Waals surface area contributed by atoms with Crippen LogP contribution in [-0.2, 0) is 9.59 Å². The number of nitrogens with one attached hydrogen (secondary N) is 1. The van der Waals surface area contributed by atoms with Gasteiger partial charge >= 0.3 is 0 Å². The number of halogens is 2. The van der Waals surface area contributed by atoms with Gasteiger partial charge in [0.25, 0.3) is 11.8 Å². The Balaban J connectivity index is 1.86. The molecule has 0 bridgehead atoms. The van der Waals surface area contributed by atoms with E-state index < -0.39 is 17.6 Å². The predicted octanol–water partition coefficient (Wildman–Crippen LogP) is 5.19. The van der Waals surface area contributed by atoms with Crippen molar-refractivity contribution in [1.29, 1.82) is 0 Å². The highest BCUT2D eigenvalue weighted by Crippen LogP contribution is 2.38. The molecular weight excluding hydrogens is 419 g/mol. The Labute approximate surface area is 183 Å². The quantitative estimate of drug-likeness (QED) is 0.559. The van der Waals surface area contributed by atoms with E-state index in [4.69, 9.17) is 16.3 Å². The summed E-state index contributed by atoms with van der Waals surface area (Å²) in [7, 11) is 1.49. The lowest BCUT2D eigenvalue weighted by Crippen LogP contribution is -2.32. The Morgan fingerprint density at radius 1 is 0.968 bits per heavy atom. The van der Waals surface area contributed by atoms with Crippen LogP contribution in [0.25, 0.3) is 5.57 Å². The van der Waals surface area contributed by atoms with Gasteiger partial charge in [-0.05, 0) is 43.3 Å². The Morgan fingerprint density at radius 2 is 1.68 bits per heavy atom. The summed E-state index contributed by atoms with van der Waals surface area (Å²) in [5.41, 5.74) is 2.60. The normalized spacial score (nSPS) is 13.7. The second-order valence-electron chi connectivity index (χ2n) is 6.99. The second kappa shape index (κ2) is 8.24. The van der Waals surface area contributed by atoms with Gasteiger partial charge in [0.05, 0.1) is 23.4 Å². The maximum atomic E-state index is 13.7. The minimum atomic E-state index is -0.638. The van der Waals surface area contributed by atoms with E-state index in [2.05, 4.69) is 5.32 Å². The molecule has 2 amide bonds. The summed E-state index contributed by atoms with van der Waals surface area (Å²) in [5.74, 6) is -1.33. The molecule has 0 aliphatic carbocycles. The molecule has 5 nitrogen and oxygen atoms in total. The number of carbonyl (C=O) groups excluding carboxylic acids is 2. The topological polar surface area (TPSA) is 58.6 Å². The summed E-state index contributed by atoms with van der Waals surface area (Å²) in [5, 5.41) is 2.90. The average Bonchev–Trinajstić information content (AvgIpc) is 3.01. The van der Waals surface area contributed by atoms with Gasteiger partial charge in [-0.25, -0.2) is 9.29 Å². The van der Waals surface area contributed by atoms with E-state index in [9.17, 15) is 14.0 Å². The molecule has 0 fully saturated rings. The maximum Gasteiger partial charge on any atom is 0.282 e. The summed E-state index contributed by atoms with van der Waals surface area (Å²) in [6.45, 7) is 1.95. The first-order valence-corrected chi connectivity index (χ1v) is 9.83. The van der Waals surface area contributed by atoms with Gasteiger partial charge < -0.3 is 10.1 Å². The summed E-state index contributed by atoms with van der Waals surface area (Å²) >= 11 is 5.90. The minimum Gasteiger partial charge on any atom is -0.496 e. The second-order valence-corrected chi connectivity index (χ2v) is 7.39. The lowest BCUT2D eigenvalue weighted by atomic mass is 10.0. The predicted molar refractivity (Wildman–Crippen MR) is 119 cm³/mol. The molecule has 31 heavy (non-hydrogen) atoms. The molecule has 0 spiro atoms. The van der Waals surface area contributed by atoms with Crippen LogP contribution in [0.2, 0.25) is 5.02 Å². The molecule has 0 atom stereocenters. The maximum absolute atomic E-state index is 13.7. The van der Waals surface area contributed by atoms with Crippen molar-refractivity contribution in [3.8, 4) is 5.75 Å². The number of hydrogen-bond donors (Lipinski definition) is 1. The van der Waals surface area contributed by atoms with Crippen LogP contribution in [-0.4, -0.2) is 18.9 Å². The fourth-order valence-electron chi connectivity index (χ4n) is 3.39. The van der Waals surface area contributed by atoms with Gasteiger partial charge in [0.1, 0.15) is 17.3 Å². The van der Waals surface area contributed by atoms with Crippen molar-refractivity contribution in [1.82, 2.24) is 0 Å². The number of nitrogens with zero attached hydrogens (tertiary/aromatic N) is 1. The van der Waals surface area contributed by atoms with Crippen LogP contribution in [0, 0.1) is 12.7 Å². The van der Waals surface area contributed by atoms with E-state index in [0.29, 0.717) is 17.0 Å². The first-order valence-electron chi connectivity index (χ1n) is 9.46. The van der Waals surface area contributed by atoms with E-state index in [1.54, 1.807) is 24.3 Å². The molecule has 0 saturated carbocycles. The third-order valence-corrected chi connectivity index (χ3v) is 5.23. The molecule has 1 aliphatic heterocycles. The van der Waals surface area contributed by atoms with Crippen molar-refractivity contribution in [3.63, 3.8) is 0 Å².